The topological polar surface area (TPSA) is 47.0 Å². The average molecular weight is 235 g/mol. The molecule has 0 radical (unpaired) electrons. The van der Waals surface area contributed by atoms with Gasteiger partial charge in [0, 0.05) is 37.4 Å². The van der Waals surface area contributed by atoms with Crippen molar-refractivity contribution in [2.24, 2.45) is 0 Å². The zero-order valence-electron chi connectivity index (χ0n) is 10.9. The van der Waals surface area contributed by atoms with E-state index in [1.807, 2.05) is 7.05 Å². The van der Waals surface area contributed by atoms with E-state index in [0.29, 0.717) is 5.92 Å². The van der Waals surface area contributed by atoms with E-state index in [-0.39, 0.29) is 0 Å². The Hall–Kier alpha value is -1.16. The molecule has 0 aliphatic carbocycles. The van der Waals surface area contributed by atoms with Crippen LogP contribution in [0.5, 0.6) is 0 Å². The first-order valence-electron chi connectivity index (χ1n) is 6.39. The Kier molecular flexibility index (Phi) is 3.94. The number of aromatic nitrogens is 2. The Balaban J connectivity index is 2.33. The lowest BCUT2D eigenvalue weighted by molar-refractivity contribution is 0.0835. The highest BCUT2D eigenvalue weighted by Crippen LogP contribution is 2.27. The number of aryl methyl sites for hydroxylation is 1. The second-order valence-corrected chi connectivity index (χ2v) is 4.49. The minimum absolute atomic E-state index is 0.460. The van der Waals surface area contributed by atoms with Crippen molar-refractivity contribution in [3.63, 3.8) is 0 Å². The zero-order valence-corrected chi connectivity index (χ0v) is 10.9. The molecule has 0 atom stereocenters. The minimum atomic E-state index is 0.460. The van der Waals surface area contributed by atoms with Crippen LogP contribution in [0.4, 0.5) is 5.82 Å². The van der Waals surface area contributed by atoms with Gasteiger partial charge in [0.25, 0.3) is 0 Å². The highest BCUT2D eigenvalue weighted by Gasteiger charge is 2.20. The summed E-state index contributed by atoms with van der Waals surface area (Å²) in [5.74, 6) is 2.42. The fraction of sp³-hybridized carbons (Fsp3) is 0.692. The molecule has 0 amide bonds. The second-order valence-electron chi connectivity index (χ2n) is 4.49. The van der Waals surface area contributed by atoms with Gasteiger partial charge in [-0.15, -0.1) is 0 Å². The first kappa shape index (κ1) is 12.3. The van der Waals surface area contributed by atoms with Crippen LogP contribution in [-0.2, 0) is 11.2 Å². The molecule has 0 aromatic carbocycles. The summed E-state index contributed by atoms with van der Waals surface area (Å²) < 4.78 is 5.39. The van der Waals surface area contributed by atoms with E-state index in [4.69, 9.17) is 9.72 Å². The predicted molar refractivity (Wildman–Crippen MR) is 68.5 cm³/mol. The number of nitrogens with zero attached hydrogens (tertiary/aromatic N) is 2. The van der Waals surface area contributed by atoms with Gasteiger partial charge < -0.3 is 10.1 Å². The van der Waals surface area contributed by atoms with Crippen LogP contribution in [0.1, 0.15) is 42.8 Å². The van der Waals surface area contributed by atoms with Crippen LogP contribution in [0.3, 0.4) is 0 Å². The lowest BCUT2D eigenvalue weighted by atomic mass is 9.99. The fourth-order valence-electron chi connectivity index (χ4n) is 2.31. The quantitative estimate of drug-likeness (QED) is 0.873. The molecule has 1 N–H and O–H groups in total. The van der Waals surface area contributed by atoms with Gasteiger partial charge in [0.05, 0.1) is 0 Å². The molecule has 0 saturated carbocycles. The Bertz CT molecular complexity index is 361. The maximum atomic E-state index is 5.39. The summed E-state index contributed by atoms with van der Waals surface area (Å²) >= 11 is 0. The molecule has 1 saturated heterocycles. The molecular formula is C13H21N3O. The molecule has 1 aliphatic heterocycles. The van der Waals surface area contributed by atoms with Crippen LogP contribution in [0, 0.1) is 6.92 Å². The molecule has 17 heavy (non-hydrogen) atoms. The van der Waals surface area contributed by atoms with Gasteiger partial charge in [-0.1, -0.05) is 6.92 Å². The van der Waals surface area contributed by atoms with Gasteiger partial charge in [0.1, 0.15) is 11.6 Å². The maximum absolute atomic E-state index is 5.39. The molecule has 4 heteroatoms. The minimum Gasteiger partial charge on any atom is -0.381 e. The number of rotatable bonds is 3. The van der Waals surface area contributed by atoms with E-state index in [1.165, 1.54) is 5.56 Å². The van der Waals surface area contributed by atoms with Gasteiger partial charge in [-0.3, -0.25) is 0 Å². The third-order valence-electron chi connectivity index (χ3n) is 3.42. The molecule has 2 rings (SSSR count). The molecule has 0 bridgehead atoms. The summed E-state index contributed by atoms with van der Waals surface area (Å²) in [6.07, 6.45) is 3.03. The molecule has 1 aromatic heterocycles. The van der Waals surface area contributed by atoms with E-state index in [2.05, 4.69) is 24.1 Å². The molecule has 2 heterocycles. The summed E-state index contributed by atoms with van der Waals surface area (Å²) in [4.78, 5) is 9.36. The van der Waals surface area contributed by atoms with Gasteiger partial charge in [0.15, 0.2) is 0 Å². The Morgan fingerprint density at radius 3 is 2.59 bits per heavy atom. The Morgan fingerprint density at radius 2 is 2.00 bits per heavy atom. The van der Waals surface area contributed by atoms with Gasteiger partial charge >= 0.3 is 0 Å². The standard InChI is InChI=1S/C13H21N3O/c1-4-11-9(2)12(14-3)16-13(15-11)10-5-7-17-8-6-10/h10H,4-8H2,1-3H3,(H,14,15,16). The molecule has 0 unspecified atom stereocenters. The summed E-state index contributed by atoms with van der Waals surface area (Å²) in [5.41, 5.74) is 2.33. The number of hydrogen-bond donors (Lipinski definition) is 1. The molecule has 1 aromatic rings. The summed E-state index contributed by atoms with van der Waals surface area (Å²) in [6.45, 7) is 5.89. The Labute approximate surface area is 103 Å². The first-order valence-corrected chi connectivity index (χ1v) is 6.39. The van der Waals surface area contributed by atoms with Crippen molar-refractivity contribution >= 4 is 5.82 Å². The average Bonchev–Trinajstić information content (AvgIpc) is 2.40. The molecule has 1 fully saturated rings. The lowest BCUT2D eigenvalue weighted by Crippen LogP contribution is -2.18. The second kappa shape index (κ2) is 5.45. The van der Waals surface area contributed by atoms with Crippen molar-refractivity contribution in [2.75, 3.05) is 25.6 Å². The van der Waals surface area contributed by atoms with E-state index in [0.717, 1.165) is 49.8 Å². The molecule has 0 spiro atoms. The number of nitrogens with one attached hydrogen (secondary N) is 1. The van der Waals surface area contributed by atoms with E-state index >= 15 is 0 Å². The normalized spacial score (nSPS) is 17.1. The molecular weight excluding hydrogens is 214 g/mol. The van der Waals surface area contributed by atoms with Gasteiger partial charge in [-0.05, 0) is 26.2 Å². The zero-order chi connectivity index (χ0) is 12.3. The molecule has 94 valence electrons. The lowest BCUT2D eigenvalue weighted by Gasteiger charge is -2.22. The van der Waals surface area contributed by atoms with Crippen LogP contribution in [0.2, 0.25) is 0 Å². The van der Waals surface area contributed by atoms with Crippen molar-refractivity contribution in [3.8, 4) is 0 Å². The van der Waals surface area contributed by atoms with E-state index in [1.54, 1.807) is 0 Å². The van der Waals surface area contributed by atoms with Gasteiger partial charge in [-0.25, -0.2) is 9.97 Å². The van der Waals surface area contributed by atoms with Crippen LogP contribution < -0.4 is 5.32 Å². The van der Waals surface area contributed by atoms with Crippen molar-refractivity contribution in [3.05, 3.63) is 17.1 Å². The highest BCUT2D eigenvalue weighted by atomic mass is 16.5. The number of anilines is 1. The number of ether oxygens (including phenoxy) is 1. The summed E-state index contributed by atoms with van der Waals surface area (Å²) in [5, 5.41) is 3.17. The fourth-order valence-corrected chi connectivity index (χ4v) is 2.31. The molecule has 1 aliphatic rings. The third kappa shape index (κ3) is 2.57. The van der Waals surface area contributed by atoms with Crippen molar-refractivity contribution in [1.82, 2.24) is 9.97 Å². The van der Waals surface area contributed by atoms with Crippen LogP contribution in [0.15, 0.2) is 0 Å². The SMILES string of the molecule is CCc1nc(C2CCOCC2)nc(NC)c1C. The van der Waals surface area contributed by atoms with Crippen LogP contribution >= 0.6 is 0 Å². The Morgan fingerprint density at radius 1 is 1.29 bits per heavy atom. The first-order chi connectivity index (χ1) is 8.26. The summed E-state index contributed by atoms with van der Waals surface area (Å²) in [7, 11) is 1.92. The van der Waals surface area contributed by atoms with E-state index < -0.39 is 0 Å². The van der Waals surface area contributed by atoms with Crippen molar-refractivity contribution < 1.29 is 4.74 Å². The molecule has 4 nitrogen and oxygen atoms in total. The van der Waals surface area contributed by atoms with Crippen LogP contribution in [0.25, 0.3) is 0 Å². The van der Waals surface area contributed by atoms with Crippen molar-refractivity contribution in [2.45, 2.75) is 39.0 Å². The highest BCUT2D eigenvalue weighted by molar-refractivity contribution is 5.45. The van der Waals surface area contributed by atoms with E-state index in [9.17, 15) is 0 Å². The van der Waals surface area contributed by atoms with Crippen LogP contribution in [-0.4, -0.2) is 30.2 Å². The summed E-state index contributed by atoms with van der Waals surface area (Å²) in [6, 6.07) is 0. The largest absolute Gasteiger partial charge is 0.381 e. The third-order valence-corrected chi connectivity index (χ3v) is 3.42. The monoisotopic (exact) mass is 235 g/mol. The number of hydrogen-bond acceptors (Lipinski definition) is 4. The van der Waals surface area contributed by atoms with Crippen molar-refractivity contribution in [1.29, 1.82) is 0 Å². The smallest absolute Gasteiger partial charge is 0.134 e. The van der Waals surface area contributed by atoms with Gasteiger partial charge in [0.2, 0.25) is 0 Å². The predicted octanol–water partition coefficient (Wildman–Crippen LogP) is 2.28. The maximum Gasteiger partial charge on any atom is 0.134 e. The van der Waals surface area contributed by atoms with Gasteiger partial charge in [-0.2, -0.15) is 0 Å².